The summed E-state index contributed by atoms with van der Waals surface area (Å²) in [6, 6.07) is 3.85. The van der Waals surface area contributed by atoms with Crippen LogP contribution in [0.2, 0.25) is 0 Å². The number of benzene rings is 1. The maximum atomic E-state index is 13.3. The van der Waals surface area contributed by atoms with E-state index in [1.54, 1.807) is 19.1 Å². The predicted octanol–water partition coefficient (Wildman–Crippen LogP) is 3.38. The lowest BCUT2D eigenvalue weighted by Crippen LogP contribution is -2.35. The molecule has 0 radical (unpaired) electrons. The van der Waals surface area contributed by atoms with Crippen molar-refractivity contribution in [2.24, 2.45) is 0 Å². The molecule has 0 aromatic heterocycles. The number of carbonyl (C=O) groups is 1. The minimum absolute atomic E-state index is 0.301. The minimum Gasteiger partial charge on any atom is -0.480 e. The number of carboxylic acid groups (broad SMARTS) is 1. The maximum Gasteiger partial charge on any atom is 0.325 e. The molecule has 1 rings (SSSR count). The third-order valence-electron chi connectivity index (χ3n) is 3.12. The second kappa shape index (κ2) is 7.24. The van der Waals surface area contributed by atoms with Crippen molar-refractivity contribution in [1.29, 1.82) is 0 Å². The van der Waals surface area contributed by atoms with Gasteiger partial charge in [0.15, 0.2) is 0 Å². The van der Waals surface area contributed by atoms with Crippen molar-refractivity contribution < 1.29 is 14.3 Å². The second-order valence-electron chi connectivity index (χ2n) is 4.79. The lowest BCUT2D eigenvalue weighted by molar-refractivity contribution is -0.143. The Morgan fingerprint density at radius 2 is 1.89 bits per heavy atom. The zero-order chi connectivity index (χ0) is 14.4. The number of hydrogen-bond donors (Lipinski definition) is 1. The molecule has 1 aromatic rings. The van der Waals surface area contributed by atoms with E-state index >= 15 is 0 Å². The molecular weight excluding hydrogens is 245 g/mol. The zero-order valence-electron chi connectivity index (χ0n) is 11.8. The van der Waals surface area contributed by atoms with Gasteiger partial charge in [-0.2, -0.15) is 0 Å². The molecule has 106 valence electrons. The molecule has 0 aliphatic heterocycles. The van der Waals surface area contributed by atoms with Crippen molar-refractivity contribution in [2.45, 2.75) is 39.7 Å². The molecule has 3 nitrogen and oxygen atoms in total. The van der Waals surface area contributed by atoms with Gasteiger partial charge in [-0.15, -0.1) is 0 Å². The van der Waals surface area contributed by atoms with Gasteiger partial charge in [0.1, 0.15) is 11.9 Å². The van der Waals surface area contributed by atoms with Crippen LogP contribution < -0.4 is 0 Å². The maximum absolute atomic E-state index is 13.3. The highest BCUT2D eigenvalue weighted by Crippen LogP contribution is 2.23. The zero-order valence-corrected chi connectivity index (χ0v) is 11.8. The van der Waals surface area contributed by atoms with E-state index in [1.807, 2.05) is 18.7 Å². The van der Waals surface area contributed by atoms with E-state index in [-0.39, 0.29) is 5.82 Å². The first-order chi connectivity index (χ1) is 9.01. The van der Waals surface area contributed by atoms with Crippen LogP contribution in [0.15, 0.2) is 18.2 Å². The van der Waals surface area contributed by atoms with Gasteiger partial charge >= 0.3 is 5.97 Å². The van der Waals surface area contributed by atoms with E-state index < -0.39 is 12.0 Å². The van der Waals surface area contributed by atoms with E-state index in [9.17, 15) is 14.3 Å². The number of hydrogen-bond acceptors (Lipinski definition) is 2. The van der Waals surface area contributed by atoms with Crippen molar-refractivity contribution >= 4 is 5.97 Å². The highest BCUT2D eigenvalue weighted by Gasteiger charge is 2.26. The predicted molar refractivity (Wildman–Crippen MR) is 73.7 cm³/mol. The van der Waals surface area contributed by atoms with Crippen LogP contribution in [0.1, 0.15) is 43.9 Å². The summed E-state index contributed by atoms with van der Waals surface area (Å²) >= 11 is 0. The lowest BCUT2D eigenvalue weighted by atomic mass is 10.0. The van der Waals surface area contributed by atoms with Crippen LogP contribution in [-0.2, 0) is 4.79 Å². The molecule has 1 unspecified atom stereocenters. The Morgan fingerprint density at radius 3 is 2.32 bits per heavy atom. The van der Waals surface area contributed by atoms with Gasteiger partial charge in [0.2, 0.25) is 0 Å². The van der Waals surface area contributed by atoms with Crippen molar-refractivity contribution in [1.82, 2.24) is 4.90 Å². The summed E-state index contributed by atoms with van der Waals surface area (Å²) in [6.07, 6.45) is 1.79. The van der Waals surface area contributed by atoms with Crippen molar-refractivity contribution in [3.8, 4) is 0 Å². The topological polar surface area (TPSA) is 40.5 Å². The molecule has 0 amide bonds. The molecule has 0 bridgehead atoms. The monoisotopic (exact) mass is 267 g/mol. The largest absolute Gasteiger partial charge is 0.480 e. The first-order valence-electron chi connectivity index (χ1n) is 6.74. The molecule has 0 fully saturated rings. The van der Waals surface area contributed by atoms with Crippen molar-refractivity contribution in [2.75, 3.05) is 13.1 Å². The highest BCUT2D eigenvalue weighted by molar-refractivity contribution is 5.75. The lowest BCUT2D eigenvalue weighted by Gasteiger charge is -2.28. The summed E-state index contributed by atoms with van der Waals surface area (Å²) in [4.78, 5) is 13.5. The molecule has 1 atom stereocenters. The Labute approximate surface area is 114 Å². The van der Waals surface area contributed by atoms with Crippen molar-refractivity contribution in [3.05, 3.63) is 35.1 Å². The first kappa shape index (κ1) is 15.6. The quantitative estimate of drug-likeness (QED) is 0.823. The van der Waals surface area contributed by atoms with Gasteiger partial charge in [-0.05, 0) is 50.0 Å². The number of aryl methyl sites for hydroxylation is 1. The Bertz CT molecular complexity index is 428. The van der Waals surface area contributed by atoms with Crippen LogP contribution in [0, 0.1) is 12.7 Å². The molecule has 1 aromatic carbocycles. The fourth-order valence-electron chi connectivity index (χ4n) is 2.29. The van der Waals surface area contributed by atoms with Gasteiger partial charge in [0, 0.05) is 0 Å². The molecule has 4 heteroatoms. The number of halogens is 1. The van der Waals surface area contributed by atoms with Gasteiger partial charge in [-0.25, -0.2) is 4.39 Å². The second-order valence-corrected chi connectivity index (χ2v) is 4.79. The van der Waals surface area contributed by atoms with Gasteiger partial charge in [0.25, 0.3) is 0 Å². The first-order valence-corrected chi connectivity index (χ1v) is 6.74. The van der Waals surface area contributed by atoms with Crippen molar-refractivity contribution in [3.63, 3.8) is 0 Å². The van der Waals surface area contributed by atoms with Crippen LogP contribution >= 0.6 is 0 Å². The summed E-state index contributed by atoms with van der Waals surface area (Å²) in [6.45, 7) is 7.15. The smallest absolute Gasteiger partial charge is 0.325 e. The van der Waals surface area contributed by atoms with Crippen LogP contribution in [0.5, 0.6) is 0 Å². The van der Waals surface area contributed by atoms with Gasteiger partial charge in [0.05, 0.1) is 0 Å². The fourth-order valence-corrected chi connectivity index (χ4v) is 2.29. The summed E-state index contributed by atoms with van der Waals surface area (Å²) in [5, 5.41) is 9.48. The average molecular weight is 267 g/mol. The summed E-state index contributed by atoms with van der Waals surface area (Å²) in [5.74, 6) is -1.18. The molecule has 0 saturated heterocycles. The number of rotatable bonds is 7. The normalized spacial score (nSPS) is 12.7. The molecule has 0 aliphatic rings. The molecular formula is C15H22FNO2. The Balaban J connectivity index is 3.10. The number of carboxylic acids is 1. The average Bonchev–Trinajstić information content (AvgIpc) is 2.34. The van der Waals surface area contributed by atoms with E-state index in [1.165, 1.54) is 6.07 Å². The molecule has 19 heavy (non-hydrogen) atoms. The standard InChI is InChI=1S/C15H22FNO2/c1-4-8-17(9-5-2)14(15(18)19)12-6-7-13(16)11(3)10-12/h6-7,10,14H,4-5,8-9H2,1-3H3,(H,18,19). The summed E-state index contributed by atoms with van der Waals surface area (Å²) < 4.78 is 13.3. The Hall–Kier alpha value is -1.42. The van der Waals surface area contributed by atoms with E-state index in [0.29, 0.717) is 11.1 Å². The van der Waals surface area contributed by atoms with Crippen LogP contribution in [0.3, 0.4) is 0 Å². The SMILES string of the molecule is CCCN(CCC)C(C(=O)O)c1ccc(F)c(C)c1. The minimum atomic E-state index is -0.882. The molecule has 0 heterocycles. The Morgan fingerprint density at radius 1 is 1.32 bits per heavy atom. The van der Waals surface area contributed by atoms with Gasteiger partial charge in [-0.1, -0.05) is 26.0 Å². The summed E-state index contributed by atoms with van der Waals surface area (Å²) in [5.41, 5.74) is 1.13. The summed E-state index contributed by atoms with van der Waals surface area (Å²) in [7, 11) is 0. The van der Waals surface area contributed by atoms with E-state index in [4.69, 9.17) is 0 Å². The Kier molecular flexibility index (Phi) is 5.96. The molecule has 0 aliphatic carbocycles. The van der Waals surface area contributed by atoms with E-state index in [0.717, 1.165) is 25.9 Å². The molecule has 0 saturated carbocycles. The van der Waals surface area contributed by atoms with Gasteiger partial charge in [-0.3, -0.25) is 9.69 Å². The third kappa shape index (κ3) is 4.03. The van der Waals surface area contributed by atoms with Crippen LogP contribution in [0.25, 0.3) is 0 Å². The van der Waals surface area contributed by atoms with Crippen LogP contribution in [0.4, 0.5) is 4.39 Å². The number of aliphatic carboxylic acids is 1. The van der Waals surface area contributed by atoms with E-state index in [2.05, 4.69) is 0 Å². The van der Waals surface area contributed by atoms with Gasteiger partial charge < -0.3 is 5.11 Å². The highest BCUT2D eigenvalue weighted by atomic mass is 19.1. The molecule has 1 N–H and O–H groups in total. The van der Waals surface area contributed by atoms with Crippen LogP contribution in [-0.4, -0.2) is 29.1 Å². The fraction of sp³-hybridized carbons (Fsp3) is 0.533. The third-order valence-corrected chi connectivity index (χ3v) is 3.12. The molecule has 0 spiro atoms. The number of nitrogens with zero attached hydrogens (tertiary/aromatic N) is 1.